The molecule has 1 aromatic carbocycles. The van der Waals surface area contributed by atoms with Crippen LogP contribution in [0.4, 0.5) is 0 Å². The fourth-order valence-electron chi connectivity index (χ4n) is 3.83. The number of nitrogens with zero attached hydrogens (tertiary/aromatic N) is 1. The molecular formula is C22H31GeN. The predicted octanol–water partition coefficient (Wildman–Crippen LogP) is 5.37. The number of hydrogen-bond acceptors (Lipinski definition) is 1. The van der Waals surface area contributed by atoms with Gasteiger partial charge in [0.15, 0.2) is 0 Å². The Labute approximate surface area is 150 Å². The Balaban J connectivity index is 2.02. The molecule has 1 aromatic heterocycles. The molecule has 1 aliphatic carbocycles. The van der Waals surface area contributed by atoms with Gasteiger partial charge in [0.05, 0.1) is 0 Å². The quantitative estimate of drug-likeness (QED) is 0.648. The average Bonchev–Trinajstić information content (AvgIpc) is 2.52. The number of pyridine rings is 1. The third-order valence-corrected chi connectivity index (χ3v) is 9.41. The normalized spacial score (nSPS) is 14.8. The molecule has 2 aromatic rings. The average molecular weight is 382 g/mol. The van der Waals surface area contributed by atoms with E-state index in [1.165, 1.54) is 31.2 Å². The molecule has 1 nitrogen and oxygen atoms in total. The van der Waals surface area contributed by atoms with Gasteiger partial charge in [-0.1, -0.05) is 0 Å². The second-order valence-electron chi connectivity index (χ2n) is 8.77. The fourth-order valence-corrected chi connectivity index (χ4v) is 7.17. The van der Waals surface area contributed by atoms with Crippen molar-refractivity contribution in [1.29, 1.82) is 0 Å². The summed E-state index contributed by atoms with van der Waals surface area (Å²) in [6.07, 6.45) is 8.52. The van der Waals surface area contributed by atoms with Crippen LogP contribution in [-0.2, 0) is 19.3 Å². The molecule has 24 heavy (non-hydrogen) atoms. The molecule has 0 radical (unpaired) electrons. The molecule has 0 spiro atoms. The molecule has 1 aliphatic rings. The van der Waals surface area contributed by atoms with E-state index in [2.05, 4.69) is 61.6 Å². The van der Waals surface area contributed by atoms with E-state index in [9.17, 15) is 0 Å². The Hall–Kier alpha value is -1.09. The van der Waals surface area contributed by atoms with Gasteiger partial charge in [-0.25, -0.2) is 0 Å². The Morgan fingerprint density at radius 2 is 1.71 bits per heavy atom. The molecule has 0 saturated carbocycles. The molecule has 0 amide bonds. The van der Waals surface area contributed by atoms with Crippen molar-refractivity contribution >= 4 is 17.7 Å². The van der Waals surface area contributed by atoms with Crippen LogP contribution >= 0.6 is 0 Å². The van der Waals surface area contributed by atoms with Gasteiger partial charge in [-0.15, -0.1) is 0 Å². The van der Waals surface area contributed by atoms with Crippen molar-refractivity contribution < 1.29 is 0 Å². The summed E-state index contributed by atoms with van der Waals surface area (Å²) in [5, 5.41) is 0. The summed E-state index contributed by atoms with van der Waals surface area (Å²) in [6.45, 7) is 4.64. The summed E-state index contributed by atoms with van der Waals surface area (Å²) in [5.74, 6) is 8.10. The minimum atomic E-state index is -1.88. The summed E-state index contributed by atoms with van der Waals surface area (Å²) in [7, 11) is 0. The standard InChI is InChI=1S/C22H31GeN/c1-16(2)12-20-14-22(24-15-21(20)23(3,4)5)19-11-10-17-8-6-7-9-18(17)13-19/h10-11,13-16H,6-9,12H2,1-5H3. The third-order valence-electron chi connectivity index (χ3n) is 5.07. The van der Waals surface area contributed by atoms with Crippen molar-refractivity contribution in [3.63, 3.8) is 0 Å². The van der Waals surface area contributed by atoms with Crippen LogP contribution < -0.4 is 4.40 Å². The molecule has 0 N–H and O–H groups in total. The van der Waals surface area contributed by atoms with Crippen LogP contribution in [0.2, 0.25) is 17.3 Å². The molecule has 0 saturated heterocycles. The maximum atomic E-state index is 4.88. The van der Waals surface area contributed by atoms with Gasteiger partial charge in [-0.2, -0.15) is 0 Å². The monoisotopic (exact) mass is 383 g/mol. The molecule has 128 valence electrons. The van der Waals surface area contributed by atoms with Crippen molar-refractivity contribution in [1.82, 2.24) is 4.98 Å². The van der Waals surface area contributed by atoms with Gasteiger partial charge in [0, 0.05) is 0 Å². The van der Waals surface area contributed by atoms with E-state index in [1.54, 1.807) is 21.1 Å². The Bertz CT molecular complexity index is 725. The third kappa shape index (κ3) is 3.93. The van der Waals surface area contributed by atoms with Gasteiger partial charge in [0.1, 0.15) is 0 Å². The Morgan fingerprint density at radius 1 is 1.00 bits per heavy atom. The first-order chi connectivity index (χ1) is 11.3. The topological polar surface area (TPSA) is 12.9 Å². The molecule has 0 aliphatic heterocycles. The Kier molecular flexibility index (Phi) is 5.20. The van der Waals surface area contributed by atoms with Crippen molar-refractivity contribution in [2.24, 2.45) is 5.92 Å². The number of aromatic nitrogens is 1. The molecule has 0 fully saturated rings. The van der Waals surface area contributed by atoms with Gasteiger partial charge in [-0.3, -0.25) is 0 Å². The van der Waals surface area contributed by atoms with Gasteiger partial charge in [0.2, 0.25) is 0 Å². The van der Waals surface area contributed by atoms with Crippen LogP contribution in [0.15, 0.2) is 30.5 Å². The van der Waals surface area contributed by atoms with Crippen molar-refractivity contribution in [3.8, 4) is 11.3 Å². The van der Waals surface area contributed by atoms with Gasteiger partial charge < -0.3 is 0 Å². The van der Waals surface area contributed by atoms with E-state index in [0.717, 1.165) is 12.1 Å². The van der Waals surface area contributed by atoms with E-state index >= 15 is 0 Å². The van der Waals surface area contributed by atoms with E-state index in [-0.39, 0.29) is 0 Å². The summed E-state index contributed by atoms with van der Waals surface area (Å²) in [6, 6.07) is 9.40. The first-order valence-corrected chi connectivity index (χ1v) is 16.8. The van der Waals surface area contributed by atoms with Crippen LogP contribution in [0.5, 0.6) is 0 Å². The van der Waals surface area contributed by atoms with Crippen LogP contribution in [0, 0.1) is 5.92 Å². The molecule has 0 unspecified atom stereocenters. The summed E-state index contributed by atoms with van der Waals surface area (Å²) < 4.78 is 1.57. The van der Waals surface area contributed by atoms with Crippen LogP contribution in [0.1, 0.15) is 43.4 Å². The number of benzene rings is 1. The first kappa shape index (κ1) is 17.7. The van der Waals surface area contributed by atoms with Gasteiger partial charge in [-0.05, 0) is 0 Å². The zero-order valence-corrected chi connectivity index (χ0v) is 18.0. The molecular weight excluding hydrogens is 351 g/mol. The summed E-state index contributed by atoms with van der Waals surface area (Å²) in [5.41, 5.74) is 7.10. The zero-order chi connectivity index (χ0) is 17.3. The SMILES string of the molecule is CC(C)Cc1cc(-c2ccc3c(c2)CCCC3)nc[c]1[Ge]([CH3])([CH3])[CH3]. The van der Waals surface area contributed by atoms with Crippen LogP contribution in [0.3, 0.4) is 0 Å². The number of rotatable bonds is 4. The molecule has 3 rings (SSSR count). The minimum absolute atomic E-state index is 0.687. The van der Waals surface area contributed by atoms with Crippen molar-refractivity contribution in [2.45, 2.75) is 63.2 Å². The van der Waals surface area contributed by atoms with E-state index in [1.807, 2.05) is 0 Å². The molecule has 2 heteroatoms. The maximum absolute atomic E-state index is 4.88. The van der Waals surface area contributed by atoms with E-state index in [4.69, 9.17) is 4.98 Å². The Morgan fingerprint density at radius 3 is 2.38 bits per heavy atom. The molecule has 1 heterocycles. The number of aryl methyl sites for hydroxylation is 2. The number of hydrogen-bond donors (Lipinski definition) is 0. The summed E-state index contributed by atoms with van der Waals surface area (Å²) in [4.78, 5) is 4.88. The molecule has 0 atom stereocenters. The van der Waals surface area contributed by atoms with Crippen molar-refractivity contribution in [2.75, 3.05) is 0 Å². The van der Waals surface area contributed by atoms with Crippen molar-refractivity contribution in [3.05, 3.63) is 47.2 Å². The van der Waals surface area contributed by atoms with Gasteiger partial charge >= 0.3 is 150 Å². The fraction of sp³-hybridized carbons (Fsp3) is 0.500. The summed E-state index contributed by atoms with van der Waals surface area (Å²) >= 11 is -1.88. The first-order valence-electron chi connectivity index (χ1n) is 9.46. The second-order valence-corrected chi connectivity index (χ2v) is 19.3. The van der Waals surface area contributed by atoms with E-state index in [0.29, 0.717) is 5.92 Å². The molecule has 0 bridgehead atoms. The van der Waals surface area contributed by atoms with Crippen LogP contribution in [-0.4, -0.2) is 18.3 Å². The van der Waals surface area contributed by atoms with Gasteiger partial charge in [0.25, 0.3) is 0 Å². The number of fused-ring (bicyclic) bond motifs is 1. The second kappa shape index (κ2) is 7.03. The predicted molar refractivity (Wildman–Crippen MR) is 108 cm³/mol. The van der Waals surface area contributed by atoms with E-state index < -0.39 is 13.3 Å². The van der Waals surface area contributed by atoms with Crippen LogP contribution in [0.25, 0.3) is 11.3 Å². The zero-order valence-electron chi connectivity index (χ0n) is 15.9.